The smallest absolute Gasteiger partial charge is 0.305 e. The second-order valence-electron chi connectivity index (χ2n) is 3.95. The number of nitrogens with one attached hydrogen (secondary N) is 2. The summed E-state index contributed by atoms with van der Waals surface area (Å²) in [6.45, 7) is 0. The van der Waals surface area contributed by atoms with Crippen molar-refractivity contribution in [3.05, 3.63) is 54.5 Å². The minimum Gasteiger partial charge on any atom is -0.459 e. The molecule has 2 N–H and O–H groups in total. The summed E-state index contributed by atoms with van der Waals surface area (Å²) in [5.41, 5.74) is 4.77. The topological polar surface area (TPSA) is 101 Å². The molecule has 116 valence electrons. The molecular formula is C13H13N3O4S2. The first kappa shape index (κ1) is 16.1. The third kappa shape index (κ3) is 4.12. The van der Waals surface area contributed by atoms with E-state index in [1.54, 1.807) is 30.5 Å². The predicted molar refractivity (Wildman–Crippen MR) is 83.9 cm³/mol. The third-order valence-corrected chi connectivity index (χ3v) is 4.45. The van der Waals surface area contributed by atoms with Gasteiger partial charge in [0.1, 0.15) is 0 Å². The molecule has 1 heterocycles. The van der Waals surface area contributed by atoms with Gasteiger partial charge in [-0.05, 0) is 30.5 Å². The highest BCUT2D eigenvalue weighted by Crippen LogP contribution is 2.12. The number of carbonyl (C=O) groups excluding carboxylic acids is 1. The van der Waals surface area contributed by atoms with Crippen molar-refractivity contribution in [2.75, 3.05) is 6.26 Å². The molecule has 0 aliphatic carbocycles. The van der Waals surface area contributed by atoms with Crippen molar-refractivity contribution >= 4 is 32.9 Å². The second kappa shape index (κ2) is 7.14. The molecule has 0 spiro atoms. The molecular weight excluding hydrogens is 326 g/mol. The van der Waals surface area contributed by atoms with Gasteiger partial charge in [-0.25, -0.2) is 0 Å². The van der Waals surface area contributed by atoms with Gasteiger partial charge < -0.3 is 4.42 Å². The van der Waals surface area contributed by atoms with E-state index in [2.05, 4.69) is 15.2 Å². The molecule has 0 saturated heterocycles. The lowest BCUT2D eigenvalue weighted by Crippen LogP contribution is -2.40. The van der Waals surface area contributed by atoms with Gasteiger partial charge in [0.15, 0.2) is 10.9 Å². The zero-order valence-electron chi connectivity index (χ0n) is 11.5. The van der Waals surface area contributed by atoms with Crippen LogP contribution < -0.4 is 10.9 Å². The quantitative estimate of drug-likeness (QED) is 0.501. The van der Waals surface area contributed by atoms with E-state index in [-0.39, 0.29) is 15.8 Å². The van der Waals surface area contributed by atoms with Crippen molar-refractivity contribution in [2.45, 2.75) is 4.90 Å². The molecule has 0 bridgehead atoms. The van der Waals surface area contributed by atoms with Crippen LogP contribution in [0.2, 0.25) is 0 Å². The van der Waals surface area contributed by atoms with E-state index in [0.29, 0.717) is 0 Å². The molecule has 1 aromatic heterocycles. The number of amidine groups is 1. The maximum atomic E-state index is 12.1. The van der Waals surface area contributed by atoms with Crippen LogP contribution in [0, 0.1) is 0 Å². The number of amides is 1. The van der Waals surface area contributed by atoms with Gasteiger partial charge in [-0.2, -0.15) is 8.42 Å². The van der Waals surface area contributed by atoms with Crippen molar-refractivity contribution in [2.24, 2.45) is 4.40 Å². The Morgan fingerprint density at radius 2 is 1.86 bits per heavy atom. The van der Waals surface area contributed by atoms with Crippen LogP contribution in [0.4, 0.5) is 0 Å². The Kier molecular flexibility index (Phi) is 5.23. The fourth-order valence-corrected chi connectivity index (χ4v) is 3.06. The van der Waals surface area contributed by atoms with Gasteiger partial charge in [-0.3, -0.25) is 15.6 Å². The van der Waals surface area contributed by atoms with Crippen molar-refractivity contribution in [3.8, 4) is 0 Å². The molecule has 0 radical (unpaired) electrons. The van der Waals surface area contributed by atoms with Crippen LogP contribution in [0.3, 0.4) is 0 Å². The maximum Gasteiger partial charge on any atom is 0.305 e. The number of benzene rings is 1. The molecule has 0 aliphatic heterocycles. The molecule has 1 amide bonds. The Morgan fingerprint density at radius 3 is 2.45 bits per heavy atom. The number of hydrazine groups is 1. The van der Waals surface area contributed by atoms with Gasteiger partial charge in [-0.15, -0.1) is 4.40 Å². The summed E-state index contributed by atoms with van der Waals surface area (Å²) in [7, 11) is -3.84. The lowest BCUT2D eigenvalue weighted by atomic mass is 10.4. The summed E-state index contributed by atoms with van der Waals surface area (Å²) in [5, 5.41) is 0.0313. The van der Waals surface area contributed by atoms with Gasteiger partial charge in [0, 0.05) is 0 Å². The SMILES string of the molecule is CSC(=NS(=O)(=O)c1ccccc1)NNC(=O)c1ccco1. The minimum atomic E-state index is -3.84. The summed E-state index contributed by atoms with van der Waals surface area (Å²) in [5.74, 6) is -0.442. The van der Waals surface area contributed by atoms with Crippen LogP contribution in [-0.2, 0) is 10.0 Å². The molecule has 7 nitrogen and oxygen atoms in total. The van der Waals surface area contributed by atoms with Crippen molar-refractivity contribution < 1.29 is 17.6 Å². The first-order chi connectivity index (χ1) is 10.5. The number of hydrogen-bond acceptors (Lipinski definition) is 5. The van der Waals surface area contributed by atoms with E-state index < -0.39 is 15.9 Å². The molecule has 0 unspecified atom stereocenters. The van der Waals surface area contributed by atoms with Gasteiger partial charge >= 0.3 is 5.91 Å². The number of sulfonamides is 1. The molecule has 1 aromatic carbocycles. The monoisotopic (exact) mass is 339 g/mol. The first-order valence-electron chi connectivity index (χ1n) is 6.07. The standard InChI is InChI=1S/C13H13N3O4S2/c1-21-13(15-14-12(17)11-8-5-9-20-11)16-22(18,19)10-6-3-2-4-7-10/h2-9H,1H3,(H,14,17)(H,15,16). The Hall–Kier alpha value is -2.26. The van der Waals surface area contributed by atoms with Crippen LogP contribution in [-0.4, -0.2) is 25.7 Å². The van der Waals surface area contributed by atoms with E-state index in [4.69, 9.17) is 4.42 Å². The Bertz CT molecular complexity index is 756. The summed E-state index contributed by atoms with van der Waals surface area (Å²) in [6, 6.07) is 10.9. The normalized spacial score (nSPS) is 12.0. The van der Waals surface area contributed by atoms with E-state index in [9.17, 15) is 13.2 Å². The lowest BCUT2D eigenvalue weighted by molar-refractivity contribution is 0.0916. The van der Waals surface area contributed by atoms with Gasteiger partial charge in [0.05, 0.1) is 11.2 Å². The Labute approximate surface area is 131 Å². The summed E-state index contributed by atoms with van der Waals surface area (Å²) in [6.07, 6.45) is 2.99. The fraction of sp³-hybridized carbons (Fsp3) is 0.0769. The fourth-order valence-electron chi connectivity index (χ4n) is 1.45. The molecule has 22 heavy (non-hydrogen) atoms. The van der Waals surface area contributed by atoms with Crippen LogP contribution in [0.5, 0.6) is 0 Å². The van der Waals surface area contributed by atoms with Gasteiger partial charge in [0.2, 0.25) is 0 Å². The molecule has 2 aromatic rings. The number of hydrogen-bond donors (Lipinski definition) is 2. The number of furan rings is 1. The Morgan fingerprint density at radius 1 is 1.14 bits per heavy atom. The average Bonchev–Trinajstić information content (AvgIpc) is 3.06. The number of rotatable bonds is 3. The number of nitrogens with zero attached hydrogens (tertiary/aromatic N) is 1. The molecule has 2 rings (SSSR count). The highest BCUT2D eigenvalue weighted by atomic mass is 32.2. The average molecular weight is 339 g/mol. The summed E-state index contributed by atoms with van der Waals surface area (Å²) < 4.78 is 32.8. The van der Waals surface area contributed by atoms with E-state index in [1.807, 2.05) is 0 Å². The zero-order valence-corrected chi connectivity index (χ0v) is 13.1. The minimum absolute atomic E-state index is 0.0313. The number of carbonyl (C=O) groups is 1. The highest BCUT2D eigenvalue weighted by molar-refractivity contribution is 8.13. The van der Waals surface area contributed by atoms with Crippen molar-refractivity contribution in [1.82, 2.24) is 10.9 Å². The van der Waals surface area contributed by atoms with Gasteiger partial charge in [-0.1, -0.05) is 30.0 Å². The predicted octanol–water partition coefficient (Wildman–Crippen LogP) is 1.62. The van der Waals surface area contributed by atoms with E-state index in [0.717, 1.165) is 11.8 Å². The maximum absolute atomic E-state index is 12.1. The van der Waals surface area contributed by atoms with E-state index in [1.165, 1.54) is 24.5 Å². The molecule has 0 fully saturated rings. The summed E-state index contributed by atoms with van der Waals surface area (Å²) >= 11 is 1.05. The molecule has 0 aliphatic rings. The molecule has 9 heteroatoms. The van der Waals surface area contributed by atoms with Crippen LogP contribution in [0.1, 0.15) is 10.6 Å². The Balaban J connectivity index is 2.09. The lowest BCUT2D eigenvalue weighted by Gasteiger charge is -2.08. The number of thioether (sulfide) groups is 1. The van der Waals surface area contributed by atoms with Crippen molar-refractivity contribution in [1.29, 1.82) is 0 Å². The van der Waals surface area contributed by atoms with Crippen LogP contribution in [0.25, 0.3) is 0 Å². The second-order valence-corrected chi connectivity index (χ2v) is 6.34. The highest BCUT2D eigenvalue weighted by Gasteiger charge is 2.14. The van der Waals surface area contributed by atoms with Crippen LogP contribution >= 0.6 is 11.8 Å². The largest absolute Gasteiger partial charge is 0.459 e. The molecule has 0 atom stereocenters. The first-order valence-corrected chi connectivity index (χ1v) is 8.73. The third-order valence-electron chi connectivity index (χ3n) is 2.47. The zero-order chi connectivity index (χ0) is 16.0. The van der Waals surface area contributed by atoms with Gasteiger partial charge in [0.25, 0.3) is 10.0 Å². The van der Waals surface area contributed by atoms with E-state index >= 15 is 0 Å². The molecule has 0 saturated carbocycles. The van der Waals surface area contributed by atoms with Crippen molar-refractivity contribution in [3.63, 3.8) is 0 Å². The summed E-state index contributed by atoms with van der Waals surface area (Å²) in [4.78, 5) is 11.8. The van der Waals surface area contributed by atoms with Crippen LogP contribution in [0.15, 0.2) is 62.4 Å².